The first-order valence-electron chi connectivity index (χ1n) is 7.90. The summed E-state index contributed by atoms with van der Waals surface area (Å²) in [6.07, 6.45) is 3.08. The van der Waals surface area contributed by atoms with Gasteiger partial charge in [0.2, 0.25) is 0 Å². The zero-order valence-corrected chi connectivity index (χ0v) is 14.1. The van der Waals surface area contributed by atoms with E-state index in [1.807, 2.05) is 18.2 Å². The summed E-state index contributed by atoms with van der Waals surface area (Å²) in [4.78, 5) is 22.0. The summed E-state index contributed by atoms with van der Waals surface area (Å²) in [6.45, 7) is 0. The molecule has 0 aliphatic carbocycles. The predicted molar refractivity (Wildman–Crippen MR) is 100 cm³/mol. The van der Waals surface area contributed by atoms with Crippen LogP contribution < -0.4 is 5.56 Å². The number of fused-ring (bicyclic) bond motifs is 5. The smallest absolute Gasteiger partial charge is 0.264 e. The lowest BCUT2D eigenvalue weighted by molar-refractivity contribution is 0.472. The molecular formula is C19H11ClN4O2. The zero-order valence-electron chi connectivity index (χ0n) is 13.3. The number of benzene rings is 1. The molecule has 0 saturated carbocycles. The lowest BCUT2D eigenvalue weighted by atomic mass is 10.1. The molecule has 5 aromatic rings. The van der Waals surface area contributed by atoms with Gasteiger partial charge < -0.3 is 5.11 Å². The molecule has 4 heterocycles. The zero-order chi connectivity index (χ0) is 17.8. The fourth-order valence-electron chi connectivity index (χ4n) is 3.25. The number of pyridine rings is 3. The average molecular weight is 363 g/mol. The summed E-state index contributed by atoms with van der Waals surface area (Å²) in [5.41, 5.74) is 2.23. The van der Waals surface area contributed by atoms with Gasteiger partial charge in [0.15, 0.2) is 5.65 Å². The number of aromatic nitrogens is 4. The Morgan fingerprint density at radius 2 is 1.81 bits per heavy atom. The van der Waals surface area contributed by atoms with Crippen molar-refractivity contribution in [1.82, 2.24) is 18.9 Å². The number of rotatable bonds is 1. The van der Waals surface area contributed by atoms with Crippen LogP contribution in [0.5, 0.6) is 5.75 Å². The van der Waals surface area contributed by atoms with Gasteiger partial charge in [-0.25, -0.2) is 9.97 Å². The van der Waals surface area contributed by atoms with Gasteiger partial charge in [-0.2, -0.15) is 0 Å². The molecule has 0 radical (unpaired) electrons. The normalized spacial score (nSPS) is 11.6. The quantitative estimate of drug-likeness (QED) is 0.463. The minimum absolute atomic E-state index is 0.0817. The van der Waals surface area contributed by atoms with Crippen LogP contribution in [-0.4, -0.2) is 24.0 Å². The van der Waals surface area contributed by atoms with Gasteiger partial charge in [0.25, 0.3) is 5.56 Å². The molecule has 0 unspecified atom stereocenters. The Morgan fingerprint density at radius 1 is 1.00 bits per heavy atom. The van der Waals surface area contributed by atoms with E-state index in [1.54, 1.807) is 51.7 Å². The molecule has 1 N–H and O–H groups in total. The molecule has 0 aliphatic heterocycles. The van der Waals surface area contributed by atoms with Crippen LogP contribution in [0.15, 0.2) is 65.7 Å². The first kappa shape index (κ1) is 14.9. The van der Waals surface area contributed by atoms with Crippen LogP contribution in [0.3, 0.4) is 0 Å². The molecule has 0 fully saturated rings. The largest absolute Gasteiger partial charge is 0.506 e. The van der Waals surface area contributed by atoms with Gasteiger partial charge in [-0.1, -0.05) is 29.8 Å². The molecule has 0 amide bonds. The molecule has 0 saturated heterocycles. The molecule has 126 valence electrons. The SMILES string of the molecule is O=c1c2ccccc2c2nc3ccc(O)cn3c2n1-c1ccc(Cl)nc1. The second kappa shape index (κ2) is 5.31. The van der Waals surface area contributed by atoms with Gasteiger partial charge >= 0.3 is 0 Å². The van der Waals surface area contributed by atoms with E-state index in [0.717, 1.165) is 5.39 Å². The Hall–Kier alpha value is -3.38. The lowest BCUT2D eigenvalue weighted by Gasteiger charge is -2.10. The summed E-state index contributed by atoms with van der Waals surface area (Å²) in [5.74, 6) is 0.0817. The molecule has 7 heteroatoms. The first-order chi connectivity index (χ1) is 12.6. The van der Waals surface area contributed by atoms with Crippen molar-refractivity contribution in [3.8, 4) is 11.4 Å². The number of aromatic hydroxyl groups is 1. The monoisotopic (exact) mass is 362 g/mol. The Kier molecular flexibility index (Phi) is 3.05. The van der Waals surface area contributed by atoms with E-state index in [-0.39, 0.29) is 11.3 Å². The summed E-state index contributed by atoms with van der Waals surface area (Å²) < 4.78 is 3.24. The minimum Gasteiger partial charge on any atom is -0.506 e. The third kappa shape index (κ3) is 2.02. The van der Waals surface area contributed by atoms with Gasteiger partial charge in [-0.15, -0.1) is 0 Å². The van der Waals surface area contributed by atoms with Gasteiger partial charge in [0, 0.05) is 10.8 Å². The summed E-state index contributed by atoms with van der Waals surface area (Å²) >= 11 is 5.90. The minimum atomic E-state index is -0.192. The number of halogens is 1. The Bertz CT molecular complexity index is 1370. The molecule has 0 atom stereocenters. The van der Waals surface area contributed by atoms with Crippen molar-refractivity contribution in [3.63, 3.8) is 0 Å². The van der Waals surface area contributed by atoms with Gasteiger partial charge in [0.1, 0.15) is 22.1 Å². The van der Waals surface area contributed by atoms with E-state index < -0.39 is 0 Å². The third-order valence-electron chi connectivity index (χ3n) is 4.38. The topological polar surface area (TPSA) is 72.4 Å². The van der Waals surface area contributed by atoms with Crippen LogP contribution in [-0.2, 0) is 0 Å². The first-order valence-corrected chi connectivity index (χ1v) is 8.28. The maximum Gasteiger partial charge on any atom is 0.264 e. The molecule has 0 spiro atoms. The summed E-state index contributed by atoms with van der Waals surface area (Å²) in [5, 5.41) is 11.6. The molecule has 6 nitrogen and oxygen atoms in total. The molecule has 4 aromatic heterocycles. The molecule has 1 aromatic carbocycles. The fraction of sp³-hybridized carbons (Fsp3) is 0. The van der Waals surface area contributed by atoms with Crippen LogP contribution in [0.1, 0.15) is 0 Å². The molecule has 26 heavy (non-hydrogen) atoms. The van der Waals surface area contributed by atoms with Crippen LogP contribution in [0.2, 0.25) is 5.15 Å². The number of nitrogens with zero attached hydrogens (tertiary/aromatic N) is 4. The average Bonchev–Trinajstić information content (AvgIpc) is 3.02. The van der Waals surface area contributed by atoms with Gasteiger partial charge in [-0.3, -0.25) is 13.8 Å². The third-order valence-corrected chi connectivity index (χ3v) is 4.60. The van der Waals surface area contributed by atoms with Crippen LogP contribution in [0, 0.1) is 0 Å². The predicted octanol–water partition coefficient (Wildman–Crippen LogP) is 3.55. The van der Waals surface area contributed by atoms with E-state index in [0.29, 0.717) is 33.0 Å². The van der Waals surface area contributed by atoms with Crippen molar-refractivity contribution in [1.29, 1.82) is 0 Å². The maximum atomic E-state index is 13.3. The Labute approximate surface area is 151 Å². The highest BCUT2D eigenvalue weighted by molar-refractivity contribution is 6.29. The molecule has 0 aliphatic rings. The molecule has 0 bridgehead atoms. The highest BCUT2D eigenvalue weighted by atomic mass is 35.5. The van der Waals surface area contributed by atoms with E-state index in [1.165, 1.54) is 0 Å². The number of imidazole rings is 1. The van der Waals surface area contributed by atoms with E-state index in [2.05, 4.69) is 9.97 Å². The summed E-state index contributed by atoms with van der Waals surface area (Å²) in [7, 11) is 0. The van der Waals surface area contributed by atoms with Crippen LogP contribution >= 0.6 is 11.6 Å². The van der Waals surface area contributed by atoms with Gasteiger partial charge in [-0.05, 0) is 30.3 Å². The van der Waals surface area contributed by atoms with E-state index in [9.17, 15) is 9.90 Å². The Balaban J connectivity index is 2.09. The van der Waals surface area contributed by atoms with E-state index >= 15 is 0 Å². The second-order valence-electron chi connectivity index (χ2n) is 5.92. The van der Waals surface area contributed by atoms with Crippen molar-refractivity contribution in [2.75, 3.05) is 0 Å². The Morgan fingerprint density at radius 3 is 2.58 bits per heavy atom. The fourth-order valence-corrected chi connectivity index (χ4v) is 3.36. The van der Waals surface area contributed by atoms with E-state index in [4.69, 9.17) is 11.6 Å². The van der Waals surface area contributed by atoms with Crippen LogP contribution in [0.4, 0.5) is 0 Å². The van der Waals surface area contributed by atoms with Crippen LogP contribution in [0.25, 0.3) is 33.3 Å². The summed E-state index contributed by atoms with van der Waals surface area (Å²) in [6, 6.07) is 14.0. The van der Waals surface area contributed by atoms with Crippen molar-refractivity contribution < 1.29 is 5.11 Å². The van der Waals surface area contributed by atoms with Crippen molar-refractivity contribution >= 4 is 39.2 Å². The highest BCUT2D eigenvalue weighted by Gasteiger charge is 2.17. The number of hydrogen-bond donors (Lipinski definition) is 1. The van der Waals surface area contributed by atoms with Crippen molar-refractivity contribution in [3.05, 3.63) is 76.4 Å². The van der Waals surface area contributed by atoms with Crippen molar-refractivity contribution in [2.45, 2.75) is 0 Å². The standard InChI is InChI=1S/C19H11ClN4O2/c20-15-7-5-11(9-21-15)24-18-17(13-3-1-2-4-14(13)19(24)26)22-16-8-6-12(25)10-23(16)18/h1-10,25H. The van der Waals surface area contributed by atoms with Gasteiger partial charge in [0.05, 0.1) is 18.1 Å². The van der Waals surface area contributed by atoms with Crippen molar-refractivity contribution in [2.24, 2.45) is 0 Å². The molecule has 5 rings (SSSR count). The number of hydrogen-bond acceptors (Lipinski definition) is 4. The lowest BCUT2D eigenvalue weighted by Crippen LogP contribution is -2.20. The molecular weight excluding hydrogens is 352 g/mol. The highest BCUT2D eigenvalue weighted by Crippen LogP contribution is 2.27. The second-order valence-corrected chi connectivity index (χ2v) is 6.31. The maximum absolute atomic E-state index is 13.3.